The van der Waals surface area contributed by atoms with Gasteiger partial charge in [-0.3, -0.25) is 0 Å². The summed E-state index contributed by atoms with van der Waals surface area (Å²) in [5.41, 5.74) is 13.2. The van der Waals surface area contributed by atoms with Crippen molar-refractivity contribution in [2.45, 2.75) is 44.6 Å². The van der Waals surface area contributed by atoms with Gasteiger partial charge >= 0.3 is 0 Å². The second-order valence-corrected chi connectivity index (χ2v) is 5.33. The smallest absolute Gasteiger partial charge is 0.180 e. The van der Waals surface area contributed by atoms with Crippen LogP contribution < -0.4 is 11.5 Å². The normalized spacial score (nSPS) is 26.1. The molecule has 1 atom stereocenters. The van der Waals surface area contributed by atoms with Crippen LogP contribution in [-0.2, 0) is 12.8 Å². The standard InChI is InChI=1S/C10H17N3S/c1-2-4-10(12)5-3-7-8(6-10)14-9(11)13-7/h2-6,12H2,1H3,(H2,11,13)/t10-/m0/s1. The molecular formula is C10H17N3S. The number of fused-ring (bicyclic) bond motifs is 1. The quantitative estimate of drug-likeness (QED) is 0.782. The summed E-state index contributed by atoms with van der Waals surface area (Å²) in [6, 6.07) is 0. The SMILES string of the molecule is CCC[C@]1(N)CCc2nc(N)sc2C1. The van der Waals surface area contributed by atoms with Crippen LogP contribution in [0.5, 0.6) is 0 Å². The highest BCUT2D eigenvalue weighted by molar-refractivity contribution is 7.15. The van der Waals surface area contributed by atoms with Crippen LogP contribution in [0.1, 0.15) is 36.8 Å². The van der Waals surface area contributed by atoms with E-state index in [1.165, 1.54) is 10.6 Å². The molecule has 0 amide bonds. The highest BCUT2D eigenvalue weighted by Crippen LogP contribution is 2.34. The van der Waals surface area contributed by atoms with Gasteiger partial charge in [0, 0.05) is 16.8 Å². The minimum Gasteiger partial charge on any atom is -0.375 e. The number of anilines is 1. The van der Waals surface area contributed by atoms with Gasteiger partial charge in [0.15, 0.2) is 5.13 Å². The van der Waals surface area contributed by atoms with Crippen LogP contribution in [0.3, 0.4) is 0 Å². The Morgan fingerprint density at radius 3 is 3.07 bits per heavy atom. The molecule has 0 aliphatic heterocycles. The van der Waals surface area contributed by atoms with Crippen molar-refractivity contribution in [1.29, 1.82) is 0 Å². The van der Waals surface area contributed by atoms with Crippen LogP contribution in [-0.4, -0.2) is 10.5 Å². The lowest BCUT2D eigenvalue weighted by Gasteiger charge is -2.32. The highest BCUT2D eigenvalue weighted by atomic mass is 32.1. The van der Waals surface area contributed by atoms with Gasteiger partial charge in [-0.25, -0.2) is 4.98 Å². The summed E-state index contributed by atoms with van der Waals surface area (Å²) in [7, 11) is 0. The van der Waals surface area contributed by atoms with E-state index < -0.39 is 0 Å². The van der Waals surface area contributed by atoms with E-state index in [2.05, 4.69) is 11.9 Å². The highest BCUT2D eigenvalue weighted by Gasteiger charge is 2.31. The van der Waals surface area contributed by atoms with Crippen LogP contribution in [0.2, 0.25) is 0 Å². The molecule has 2 rings (SSSR count). The van der Waals surface area contributed by atoms with Crippen molar-refractivity contribution in [3.05, 3.63) is 10.6 Å². The first-order valence-corrected chi connectivity index (χ1v) is 5.97. The Balaban J connectivity index is 2.20. The van der Waals surface area contributed by atoms with E-state index in [1.54, 1.807) is 11.3 Å². The minimum absolute atomic E-state index is 0.000718. The molecule has 0 saturated carbocycles. The third kappa shape index (κ3) is 1.77. The summed E-state index contributed by atoms with van der Waals surface area (Å²) in [6.07, 6.45) is 5.27. The number of aromatic nitrogens is 1. The molecule has 1 heterocycles. The van der Waals surface area contributed by atoms with Gasteiger partial charge in [0.1, 0.15) is 0 Å². The minimum atomic E-state index is 0.000718. The van der Waals surface area contributed by atoms with E-state index in [9.17, 15) is 0 Å². The van der Waals surface area contributed by atoms with E-state index in [0.29, 0.717) is 5.13 Å². The molecule has 0 fully saturated rings. The van der Waals surface area contributed by atoms with Gasteiger partial charge in [-0.1, -0.05) is 13.3 Å². The van der Waals surface area contributed by atoms with E-state index in [4.69, 9.17) is 11.5 Å². The van der Waals surface area contributed by atoms with Crippen LogP contribution in [0.4, 0.5) is 5.13 Å². The molecule has 14 heavy (non-hydrogen) atoms. The molecule has 3 nitrogen and oxygen atoms in total. The summed E-state index contributed by atoms with van der Waals surface area (Å²) >= 11 is 1.61. The number of hydrogen-bond donors (Lipinski definition) is 2. The van der Waals surface area contributed by atoms with Crippen LogP contribution >= 0.6 is 11.3 Å². The van der Waals surface area contributed by atoms with E-state index in [0.717, 1.165) is 32.1 Å². The first kappa shape index (κ1) is 9.93. The molecule has 0 unspecified atom stereocenters. The van der Waals surface area contributed by atoms with Gasteiger partial charge in [-0.2, -0.15) is 0 Å². The number of thiazole rings is 1. The lowest BCUT2D eigenvalue weighted by molar-refractivity contribution is 0.344. The molecule has 1 aliphatic carbocycles. The Labute approximate surface area is 88.5 Å². The number of nitrogen functional groups attached to an aromatic ring is 1. The lowest BCUT2D eigenvalue weighted by Crippen LogP contribution is -2.44. The van der Waals surface area contributed by atoms with Crippen LogP contribution in [0.25, 0.3) is 0 Å². The summed E-state index contributed by atoms with van der Waals surface area (Å²) in [5, 5.41) is 0.691. The van der Waals surface area contributed by atoms with Crippen molar-refractivity contribution in [3.63, 3.8) is 0 Å². The Kier molecular flexibility index (Phi) is 2.49. The third-order valence-electron chi connectivity index (χ3n) is 2.91. The first-order valence-electron chi connectivity index (χ1n) is 5.16. The zero-order valence-corrected chi connectivity index (χ0v) is 9.36. The van der Waals surface area contributed by atoms with Crippen molar-refractivity contribution in [2.24, 2.45) is 5.73 Å². The summed E-state index contributed by atoms with van der Waals surface area (Å²) in [4.78, 5) is 5.63. The fraction of sp³-hybridized carbons (Fsp3) is 0.700. The lowest BCUT2D eigenvalue weighted by atomic mass is 9.81. The first-order chi connectivity index (χ1) is 6.63. The molecule has 0 spiro atoms. The molecule has 1 aromatic heterocycles. The maximum atomic E-state index is 6.33. The number of aryl methyl sites for hydroxylation is 1. The second-order valence-electron chi connectivity index (χ2n) is 4.21. The zero-order chi connectivity index (χ0) is 10.2. The van der Waals surface area contributed by atoms with Gasteiger partial charge in [0.05, 0.1) is 5.69 Å². The molecular weight excluding hydrogens is 194 g/mol. The molecule has 0 saturated heterocycles. The summed E-state index contributed by atoms with van der Waals surface area (Å²) in [5.74, 6) is 0. The third-order valence-corrected chi connectivity index (χ3v) is 3.84. The van der Waals surface area contributed by atoms with Gasteiger partial charge in [-0.15, -0.1) is 11.3 Å². The van der Waals surface area contributed by atoms with Gasteiger partial charge in [0.2, 0.25) is 0 Å². The Morgan fingerprint density at radius 2 is 2.36 bits per heavy atom. The van der Waals surface area contributed by atoms with Gasteiger partial charge in [-0.05, 0) is 19.3 Å². The zero-order valence-electron chi connectivity index (χ0n) is 8.55. The number of hydrogen-bond acceptors (Lipinski definition) is 4. The van der Waals surface area contributed by atoms with Gasteiger partial charge < -0.3 is 11.5 Å². The van der Waals surface area contributed by atoms with E-state index in [1.807, 2.05) is 0 Å². The fourth-order valence-corrected chi connectivity index (χ4v) is 3.26. The topological polar surface area (TPSA) is 64.9 Å². The van der Waals surface area contributed by atoms with E-state index in [-0.39, 0.29) is 5.54 Å². The van der Waals surface area contributed by atoms with Crippen molar-refractivity contribution >= 4 is 16.5 Å². The Bertz CT molecular complexity index is 334. The molecule has 1 aliphatic rings. The summed E-state index contributed by atoms with van der Waals surface area (Å²) in [6.45, 7) is 2.19. The van der Waals surface area contributed by atoms with Gasteiger partial charge in [0.25, 0.3) is 0 Å². The molecule has 0 aromatic carbocycles. The van der Waals surface area contributed by atoms with Crippen molar-refractivity contribution in [1.82, 2.24) is 4.98 Å². The monoisotopic (exact) mass is 211 g/mol. The largest absolute Gasteiger partial charge is 0.375 e. The maximum Gasteiger partial charge on any atom is 0.180 e. The average Bonchev–Trinajstić information content (AvgIpc) is 2.44. The Morgan fingerprint density at radius 1 is 1.57 bits per heavy atom. The summed E-state index contributed by atoms with van der Waals surface area (Å²) < 4.78 is 0. The molecule has 0 bridgehead atoms. The molecule has 0 radical (unpaired) electrons. The van der Waals surface area contributed by atoms with Crippen LogP contribution in [0, 0.1) is 0 Å². The van der Waals surface area contributed by atoms with Crippen molar-refractivity contribution in [3.8, 4) is 0 Å². The number of nitrogens with two attached hydrogens (primary N) is 2. The molecule has 1 aromatic rings. The van der Waals surface area contributed by atoms with Crippen molar-refractivity contribution < 1.29 is 0 Å². The second kappa shape index (κ2) is 3.51. The molecule has 4 heteroatoms. The predicted molar refractivity (Wildman–Crippen MR) is 60.4 cm³/mol. The molecule has 78 valence electrons. The Hall–Kier alpha value is -0.610. The van der Waals surface area contributed by atoms with Crippen molar-refractivity contribution in [2.75, 3.05) is 5.73 Å². The molecule has 4 N–H and O–H groups in total. The van der Waals surface area contributed by atoms with Crippen LogP contribution in [0.15, 0.2) is 0 Å². The average molecular weight is 211 g/mol. The number of nitrogens with zero attached hydrogens (tertiary/aromatic N) is 1. The fourth-order valence-electron chi connectivity index (χ4n) is 2.22. The number of rotatable bonds is 2. The maximum absolute atomic E-state index is 6.33. The van der Waals surface area contributed by atoms with E-state index >= 15 is 0 Å². The predicted octanol–water partition coefficient (Wildman–Crippen LogP) is 1.71.